The van der Waals surface area contributed by atoms with Crippen LogP contribution in [-0.2, 0) is 0 Å². The summed E-state index contributed by atoms with van der Waals surface area (Å²) in [7, 11) is 0. The molecule has 0 aliphatic rings. The summed E-state index contributed by atoms with van der Waals surface area (Å²) in [6.07, 6.45) is 4.90. The van der Waals surface area contributed by atoms with Gasteiger partial charge in [0.1, 0.15) is 0 Å². The van der Waals surface area contributed by atoms with Gasteiger partial charge in [-0.2, -0.15) is 0 Å². The average Bonchev–Trinajstić information content (AvgIpc) is 1.99. The van der Waals surface area contributed by atoms with Crippen LogP contribution in [-0.4, -0.2) is 0 Å². The molecule has 0 saturated carbocycles. The number of allylic oxidation sites excluding steroid dienone is 1. The van der Waals surface area contributed by atoms with E-state index in [0.29, 0.717) is 11.8 Å². The van der Waals surface area contributed by atoms with Gasteiger partial charge in [-0.3, -0.25) is 0 Å². The van der Waals surface area contributed by atoms with Crippen LogP contribution in [0, 0.1) is 11.8 Å². The van der Waals surface area contributed by atoms with Crippen LogP contribution in [0.5, 0.6) is 0 Å². The smallest absolute Gasteiger partial charge is 0.00417 e. The second-order valence-corrected chi connectivity index (χ2v) is 3.74. The van der Waals surface area contributed by atoms with E-state index in [9.17, 15) is 0 Å². The number of rotatable bonds is 6. The third-order valence-corrected chi connectivity index (χ3v) is 2.51. The van der Waals surface area contributed by atoms with Gasteiger partial charge in [0.05, 0.1) is 0 Å². The van der Waals surface area contributed by atoms with Crippen molar-refractivity contribution in [2.45, 2.75) is 46.5 Å². The first-order chi connectivity index (χ1) is 5.63. The van der Waals surface area contributed by atoms with Gasteiger partial charge in [0, 0.05) is 11.6 Å². The third kappa shape index (κ3) is 3.80. The summed E-state index contributed by atoms with van der Waals surface area (Å²) >= 11 is 0. The van der Waals surface area contributed by atoms with Crippen LogP contribution < -0.4 is 5.73 Å². The predicted molar refractivity (Wildman–Crippen MR) is 55.8 cm³/mol. The third-order valence-electron chi connectivity index (χ3n) is 2.51. The van der Waals surface area contributed by atoms with E-state index in [1.54, 1.807) is 0 Å². The van der Waals surface area contributed by atoms with Gasteiger partial charge in [0.25, 0.3) is 0 Å². The van der Waals surface area contributed by atoms with E-state index in [0.717, 1.165) is 5.70 Å². The molecule has 0 aliphatic heterocycles. The Morgan fingerprint density at radius 2 is 1.75 bits per heavy atom. The molecule has 0 aromatic heterocycles. The van der Waals surface area contributed by atoms with Gasteiger partial charge in [0.15, 0.2) is 0 Å². The molecule has 0 fully saturated rings. The normalized spacial score (nSPS) is 15.6. The molecule has 0 saturated heterocycles. The Kier molecular flexibility index (Phi) is 5.87. The Bertz CT molecular complexity index is 129. The summed E-state index contributed by atoms with van der Waals surface area (Å²) in [6.45, 7) is 10.6. The summed E-state index contributed by atoms with van der Waals surface area (Å²) < 4.78 is 0. The van der Waals surface area contributed by atoms with E-state index in [1.807, 2.05) is 0 Å². The molecule has 0 rings (SSSR count). The van der Waals surface area contributed by atoms with Crippen molar-refractivity contribution in [2.75, 3.05) is 0 Å². The van der Waals surface area contributed by atoms with Crippen molar-refractivity contribution in [3.8, 4) is 0 Å². The van der Waals surface area contributed by atoms with E-state index in [1.165, 1.54) is 25.7 Å². The standard InChI is InChI=1S/C11H23N/c1-5-7-9(3)11(8-6-2)10(4)12/h9,11H,4-8,12H2,1-3H3. The molecule has 2 unspecified atom stereocenters. The minimum Gasteiger partial charge on any atom is -0.402 e. The summed E-state index contributed by atoms with van der Waals surface area (Å²) in [5.41, 5.74) is 6.63. The van der Waals surface area contributed by atoms with E-state index in [4.69, 9.17) is 5.73 Å². The molecule has 0 spiro atoms. The van der Waals surface area contributed by atoms with Gasteiger partial charge in [-0.05, 0) is 12.3 Å². The average molecular weight is 169 g/mol. The largest absolute Gasteiger partial charge is 0.402 e. The van der Waals surface area contributed by atoms with Gasteiger partial charge in [-0.25, -0.2) is 0 Å². The molecule has 2 atom stereocenters. The van der Waals surface area contributed by atoms with E-state index < -0.39 is 0 Å². The number of hydrogen-bond donors (Lipinski definition) is 1. The highest BCUT2D eigenvalue weighted by Gasteiger charge is 2.16. The first-order valence-electron chi connectivity index (χ1n) is 5.07. The zero-order valence-corrected chi connectivity index (χ0v) is 8.77. The fourth-order valence-electron chi connectivity index (χ4n) is 1.80. The van der Waals surface area contributed by atoms with Crippen molar-refractivity contribution in [3.63, 3.8) is 0 Å². The van der Waals surface area contributed by atoms with Gasteiger partial charge in [-0.15, -0.1) is 0 Å². The first kappa shape index (κ1) is 11.5. The minimum absolute atomic E-state index is 0.537. The van der Waals surface area contributed by atoms with E-state index in [-0.39, 0.29) is 0 Å². The van der Waals surface area contributed by atoms with Crippen molar-refractivity contribution in [1.82, 2.24) is 0 Å². The van der Waals surface area contributed by atoms with Crippen LogP contribution in [0.1, 0.15) is 46.5 Å². The Hall–Kier alpha value is -0.460. The fraction of sp³-hybridized carbons (Fsp3) is 0.818. The van der Waals surface area contributed by atoms with E-state index >= 15 is 0 Å². The van der Waals surface area contributed by atoms with E-state index in [2.05, 4.69) is 27.4 Å². The van der Waals surface area contributed by atoms with Crippen molar-refractivity contribution in [3.05, 3.63) is 12.3 Å². The quantitative estimate of drug-likeness (QED) is 0.648. The molecule has 1 heteroatoms. The van der Waals surface area contributed by atoms with Gasteiger partial charge >= 0.3 is 0 Å². The summed E-state index contributed by atoms with van der Waals surface area (Å²) in [6, 6.07) is 0. The molecule has 0 aromatic carbocycles. The maximum atomic E-state index is 5.76. The molecule has 0 bridgehead atoms. The SMILES string of the molecule is C=C(N)C(CCC)C(C)CCC. The number of hydrogen-bond acceptors (Lipinski definition) is 1. The Morgan fingerprint density at radius 3 is 2.08 bits per heavy atom. The van der Waals surface area contributed by atoms with Crippen LogP contribution in [0.3, 0.4) is 0 Å². The second kappa shape index (κ2) is 6.10. The Labute approximate surface area is 77.0 Å². The van der Waals surface area contributed by atoms with Crippen LogP contribution >= 0.6 is 0 Å². The van der Waals surface area contributed by atoms with Crippen molar-refractivity contribution in [1.29, 1.82) is 0 Å². The highest BCUT2D eigenvalue weighted by atomic mass is 14.6. The highest BCUT2D eigenvalue weighted by molar-refractivity contribution is 4.96. The molecule has 0 amide bonds. The molecule has 72 valence electrons. The minimum atomic E-state index is 0.537. The molecule has 1 nitrogen and oxygen atoms in total. The monoisotopic (exact) mass is 169 g/mol. The van der Waals surface area contributed by atoms with Gasteiger partial charge < -0.3 is 5.73 Å². The fourth-order valence-corrected chi connectivity index (χ4v) is 1.80. The zero-order chi connectivity index (χ0) is 9.56. The lowest BCUT2D eigenvalue weighted by Crippen LogP contribution is -2.18. The van der Waals surface area contributed by atoms with Crippen molar-refractivity contribution >= 4 is 0 Å². The van der Waals surface area contributed by atoms with Gasteiger partial charge in [0.2, 0.25) is 0 Å². The summed E-state index contributed by atoms with van der Waals surface area (Å²) in [5, 5.41) is 0. The molecular formula is C11H23N. The molecule has 0 aliphatic carbocycles. The lowest BCUT2D eigenvalue weighted by Gasteiger charge is -2.22. The molecule has 0 heterocycles. The second-order valence-electron chi connectivity index (χ2n) is 3.74. The topological polar surface area (TPSA) is 26.0 Å². The van der Waals surface area contributed by atoms with Crippen molar-refractivity contribution < 1.29 is 0 Å². The van der Waals surface area contributed by atoms with Crippen LogP contribution in [0.15, 0.2) is 12.3 Å². The predicted octanol–water partition coefficient (Wildman–Crippen LogP) is 3.31. The maximum absolute atomic E-state index is 5.76. The summed E-state index contributed by atoms with van der Waals surface area (Å²) in [4.78, 5) is 0. The molecule has 2 N–H and O–H groups in total. The van der Waals surface area contributed by atoms with Crippen LogP contribution in [0.4, 0.5) is 0 Å². The van der Waals surface area contributed by atoms with Crippen LogP contribution in [0.2, 0.25) is 0 Å². The Balaban J connectivity index is 3.99. The highest BCUT2D eigenvalue weighted by Crippen LogP contribution is 2.25. The van der Waals surface area contributed by atoms with Crippen LogP contribution in [0.25, 0.3) is 0 Å². The Morgan fingerprint density at radius 1 is 1.25 bits per heavy atom. The first-order valence-corrected chi connectivity index (χ1v) is 5.07. The van der Waals surface area contributed by atoms with Gasteiger partial charge in [-0.1, -0.05) is 46.6 Å². The molecular weight excluding hydrogens is 146 g/mol. The van der Waals surface area contributed by atoms with Crippen molar-refractivity contribution in [2.24, 2.45) is 17.6 Å². The lowest BCUT2D eigenvalue weighted by molar-refractivity contribution is 0.356. The maximum Gasteiger partial charge on any atom is 0.00417 e. The number of nitrogens with two attached hydrogens (primary N) is 1. The molecule has 0 aromatic rings. The lowest BCUT2D eigenvalue weighted by atomic mass is 9.85. The zero-order valence-electron chi connectivity index (χ0n) is 8.77. The summed E-state index contributed by atoms with van der Waals surface area (Å²) in [5.74, 6) is 1.24. The molecule has 12 heavy (non-hydrogen) atoms. The molecule has 0 radical (unpaired) electrons.